The quantitative estimate of drug-likeness (QED) is 0.628. The number of carbonyl (C=O) groups is 1. The van der Waals surface area contributed by atoms with Crippen LogP contribution in [0, 0.1) is 11.8 Å². The maximum absolute atomic E-state index is 12.7. The first kappa shape index (κ1) is 19.6. The zero-order chi connectivity index (χ0) is 20.4. The maximum atomic E-state index is 12.7. The summed E-state index contributed by atoms with van der Waals surface area (Å²) in [4.78, 5) is 30.6. The third-order valence-electron chi connectivity index (χ3n) is 5.73. The number of nitrogens with zero attached hydrogens (tertiary/aromatic N) is 3. The van der Waals surface area contributed by atoms with Gasteiger partial charge in [0.1, 0.15) is 12.1 Å². The van der Waals surface area contributed by atoms with Gasteiger partial charge in [-0.25, -0.2) is 4.68 Å². The van der Waals surface area contributed by atoms with Gasteiger partial charge in [-0.05, 0) is 37.3 Å². The Morgan fingerprint density at radius 1 is 1.21 bits per heavy atom. The van der Waals surface area contributed by atoms with Crippen LogP contribution in [0.15, 0.2) is 35.3 Å². The molecule has 1 aromatic carbocycles. The normalized spacial score (nSPS) is 20.3. The van der Waals surface area contributed by atoms with Gasteiger partial charge in [0.25, 0.3) is 5.56 Å². The molecule has 4 rings (SSSR count). The van der Waals surface area contributed by atoms with E-state index in [2.05, 4.69) is 34.1 Å². The SMILES string of the molecule is C[C@@H]1C[C@@H](C)CN(CCCNC(=O)Cn2ncc3c([nH]c4ccccc43)c2=O)C1. The minimum atomic E-state index is -0.273. The van der Waals surface area contributed by atoms with Crippen molar-refractivity contribution in [2.75, 3.05) is 26.2 Å². The van der Waals surface area contributed by atoms with Crippen molar-refractivity contribution < 1.29 is 4.79 Å². The number of likely N-dealkylation sites (tertiary alicyclic amines) is 1. The van der Waals surface area contributed by atoms with E-state index in [1.54, 1.807) is 6.20 Å². The van der Waals surface area contributed by atoms with Crippen LogP contribution >= 0.6 is 0 Å². The average Bonchev–Trinajstić information content (AvgIpc) is 3.06. The molecule has 1 saturated heterocycles. The topological polar surface area (TPSA) is 83.0 Å². The Morgan fingerprint density at radius 3 is 2.76 bits per heavy atom. The first-order chi connectivity index (χ1) is 14.0. The number of rotatable bonds is 6. The molecule has 7 nitrogen and oxygen atoms in total. The lowest BCUT2D eigenvalue weighted by Gasteiger charge is -2.34. The second-order valence-corrected chi connectivity index (χ2v) is 8.48. The Labute approximate surface area is 170 Å². The van der Waals surface area contributed by atoms with Crippen LogP contribution in [0.3, 0.4) is 0 Å². The van der Waals surface area contributed by atoms with E-state index in [1.165, 1.54) is 11.1 Å². The van der Waals surface area contributed by atoms with Crippen molar-refractivity contribution in [1.82, 2.24) is 25.0 Å². The van der Waals surface area contributed by atoms with Crippen LogP contribution < -0.4 is 10.9 Å². The number of aromatic nitrogens is 3. The smallest absolute Gasteiger partial charge is 0.291 e. The first-order valence-electron chi connectivity index (χ1n) is 10.5. The van der Waals surface area contributed by atoms with Gasteiger partial charge < -0.3 is 15.2 Å². The minimum Gasteiger partial charge on any atom is -0.354 e. The molecule has 3 heterocycles. The zero-order valence-corrected chi connectivity index (χ0v) is 17.1. The van der Waals surface area contributed by atoms with Crippen molar-refractivity contribution in [2.24, 2.45) is 11.8 Å². The average molecular weight is 396 g/mol. The van der Waals surface area contributed by atoms with E-state index in [9.17, 15) is 9.59 Å². The molecule has 0 unspecified atom stereocenters. The summed E-state index contributed by atoms with van der Waals surface area (Å²) >= 11 is 0. The maximum Gasteiger partial charge on any atom is 0.291 e. The van der Waals surface area contributed by atoms with Gasteiger partial charge in [0.15, 0.2) is 0 Å². The summed E-state index contributed by atoms with van der Waals surface area (Å²) in [6.45, 7) is 8.43. The van der Waals surface area contributed by atoms with Crippen molar-refractivity contribution >= 4 is 27.7 Å². The van der Waals surface area contributed by atoms with Crippen LogP contribution in [0.1, 0.15) is 26.7 Å². The number of para-hydroxylation sites is 1. The highest BCUT2D eigenvalue weighted by molar-refractivity contribution is 6.06. The molecule has 0 radical (unpaired) electrons. The number of amides is 1. The Balaban J connectivity index is 1.33. The van der Waals surface area contributed by atoms with Gasteiger partial charge in [-0.3, -0.25) is 9.59 Å². The molecule has 1 fully saturated rings. The summed E-state index contributed by atoms with van der Waals surface area (Å²) < 4.78 is 1.22. The summed E-state index contributed by atoms with van der Waals surface area (Å²) in [5.41, 5.74) is 1.11. The molecule has 0 saturated carbocycles. The van der Waals surface area contributed by atoms with E-state index in [-0.39, 0.29) is 18.0 Å². The second-order valence-electron chi connectivity index (χ2n) is 8.48. The summed E-state index contributed by atoms with van der Waals surface area (Å²) in [5.74, 6) is 1.30. The molecule has 0 spiro atoms. The molecular formula is C22H29N5O2. The van der Waals surface area contributed by atoms with Crippen molar-refractivity contribution in [3.05, 3.63) is 40.8 Å². The highest BCUT2D eigenvalue weighted by atomic mass is 16.2. The van der Waals surface area contributed by atoms with E-state index >= 15 is 0 Å². The van der Waals surface area contributed by atoms with E-state index in [0.717, 1.165) is 54.2 Å². The third kappa shape index (κ3) is 4.34. The van der Waals surface area contributed by atoms with Crippen molar-refractivity contribution in [2.45, 2.75) is 33.2 Å². The molecule has 7 heteroatoms. The number of fused-ring (bicyclic) bond motifs is 3. The van der Waals surface area contributed by atoms with Gasteiger partial charge in [-0.1, -0.05) is 32.0 Å². The van der Waals surface area contributed by atoms with Crippen LogP contribution in [-0.2, 0) is 11.3 Å². The number of H-pyrrole nitrogens is 1. The monoisotopic (exact) mass is 395 g/mol. The van der Waals surface area contributed by atoms with Gasteiger partial charge in [-0.15, -0.1) is 0 Å². The Hall–Kier alpha value is -2.67. The summed E-state index contributed by atoms with van der Waals surface area (Å²) in [6, 6.07) is 7.73. The van der Waals surface area contributed by atoms with Crippen LogP contribution in [-0.4, -0.2) is 51.8 Å². The summed E-state index contributed by atoms with van der Waals surface area (Å²) in [6.07, 6.45) is 3.87. The van der Waals surface area contributed by atoms with Crippen LogP contribution in [0.2, 0.25) is 0 Å². The van der Waals surface area contributed by atoms with E-state index in [1.807, 2.05) is 24.3 Å². The first-order valence-corrected chi connectivity index (χ1v) is 10.5. The highest BCUT2D eigenvalue weighted by Crippen LogP contribution is 2.22. The fraction of sp³-hybridized carbons (Fsp3) is 0.500. The largest absolute Gasteiger partial charge is 0.354 e. The standard InChI is InChI=1S/C22H29N5O2/c1-15-10-16(2)13-26(12-15)9-5-8-23-20(28)14-27-22(29)21-18(11-24-27)17-6-3-4-7-19(17)25-21/h3-4,6-7,11,15-16,25H,5,8-10,12-14H2,1-2H3,(H,23,28)/t15-,16-/m1/s1. The summed E-state index contributed by atoms with van der Waals surface area (Å²) in [7, 11) is 0. The second kappa shape index (κ2) is 8.37. The van der Waals surface area contributed by atoms with Crippen LogP contribution in [0.25, 0.3) is 21.8 Å². The Morgan fingerprint density at radius 2 is 1.97 bits per heavy atom. The molecule has 2 aromatic heterocycles. The van der Waals surface area contributed by atoms with Gasteiger partial charge in [0, 0.05) is 35.9 Å². The number of benzene rings is 1. The molecule has 2 N–H and O–H groups in total. The lowest BCUT2D eigenvalue weighted by atomic mass is 9.92. The number of carbonyl (C=O) groups excluding carboxylic acids is 1. The highest BCUT2D eigenvalue weighted by Gasteiger charge is 2.21. The molecule has 1 amide bonds. The number of aromatic amines is 1. The minimum absolute atomic E-state index is 0.0675. The fourth-order valence-corrected chi connectivity index (χ4v) is 4.58. The molecule has 29 heavy (non-hydrogen) atoms. The fourth-order valence-electron chi connectivity index (χ4n) is 4.58. The number of piperidine rings is 1. The molecule has 1 aliphatic rings. The molecule has 0 aliphatic carbocycles. The molecule has 0 bridgehead atoms. The predicted molar refractivity (Wildman–Crippen MR) is 115 cm³/mol. The third-order valence-corrected chi connectivity index (χ3v) is 5.73. The molecule has 2 atom stereocenters. The number of hydrogen-bond donors (Lipinski definition) is 2. The molecule has 1 aliphatic heterocycles. The predicted octanol–water partition coefficient (Wildman–Crippen LogP) is 2.36. The number of hydrogen-bond acceptors (Lipinski definition) is 4. The van der Waals surface area contributed by atoms with Crippen molar-refractivity contribution in [3.8, 4) is 0 Å². The molecule has 3 aromatic rings. The summed E-state index contributed by atoms with van der Waals surface area (Å²) in [5, 5.41) is 8.87. The van der Waals surface area contributed by atoms with E-state index in [4.69, 9.17) is 0 Å². The molecule has 154 valence electrons. The Bertz CT molecular complexity index is 1060. The van der Waals surface area contributed by atoms with Crippen LogP contribution in [0.4, 0.5) is 0 Å². The van der Waals surface area contributed by atoms with Gasteiger partial charge in [0.05, 0.1) is 6.20 Å². The Kier molecular flexibility index (Phi) is 5.67. The zero-order valence-electron chi connectivity index (χ0n) is 17.1. The van der Waals surface area contributed by atoms with Crippen molar-refractivity contribution in [1.29, 1.82) is 0 Å². The lowest BCUT2D eigenvalue weighted by Crippen LogP contribution is -2.40. The van der Waals surface area contributed by atoms with Gasteiger partial charge in [0.2, 0.25) is 5.91 Å². The van der Waals surface area contributed by atoms with Crippen molar-refractivity contribution in [3.63, 3.8) is 0 Å². The lowest BCUT2D eigenvalue weighted by molar-refractivity contribution is -0.121. The number of nitrogens with one attached hydrogen (secondary N) is 2. The van der Waals surface area contributed by atoms with Gasteiger partial charge in [-0.2, -0.15) is 5.10 Å². The van der Waals surface area contributed by atoms with Gasteiger partial charge >= 0.3 is 0 Å². The van der Waals surface area contributed by atoms with E-state index < -0.39 is 0 Å². The van der Waals surface area contributed by atoms with E-state index in [0.29, 0.717) is 12.1 Å². The molecular weight excluding hydrogens is 366 g/mol. The van der Waals surface area contributed by atoms with Crippen LogP contribution in [0.5, 0.6) is 0 Å².